The van der Waals surface area contributed by atoms with Crippen molar-refractivity contribution in [3.05, 3.63) is 45.9 Å². The highest BCUT2D eigenvalue weighted by molar-refractivity contribution is 7.09. The summed E-state index contributed by atoms with van der Waals surface area (Å²) in [6.45, 7) is 2.96. The van der Waals surface area contributed by atoms with E-state index < -0.39 is 0 Å². The van der Waals surface area contributed by atoms with Gasteiger partial charge in [-0.25, -0.2) is 4.98 Å². The Hall–Kier alpha value is -1.72. The van der Waals surface area contributed by atoms with Gasteiger partial charge in [0.1, 0.15) is 0 Å². The van der Waals surface area contributed by atoms with Crippen LogP contribution in [0.25, 0.3) is 0 Å². The summed E-state index contributed by atoms with van der Waals surface area (Å²) in [4.78, 5) is 19.4. The van der Waals surface area contributed by atoms with E-state index in [4.69, 9.17) is 0 Å². The molecule has 1 saturated carbocycles. The first-order valence-corrected chi connectivity index (χ1v) is 10.5. The zero-order valence-corrected chi connectivity index (χ0v) is 16.6. The minimum Gasteiger partial charge on any atom is -0.325 e. The number of nitrogens with one attached hydrogen (secondary N) is 1. The average Bonchev–Trinajstić information content (AvgIpc) is 3.11. The second-order valence-electron chi connectivity index (χ2n) is 7.18. The molecule has 1 aromatic carbocycles. The number of carbonyl (C=O) groups is 1. The molecule has 1 aromatic heterocycles. The quantitative estimate of drug-likeness (QED) is 0.770. The minimum atomic E-state index is 0.00530. The Morgan fingerprint density at radius 1 is 1.27 bits per heavy atom. The number of aryl methyl sites for hydroxylation is 1. The van der Waals surface area contributed by atoms with Gasteiger partial charge in [0, 0.05) is 23.7 Å². The summed E-state index contributed by atoms with van der Waals surface area (Å²) in [5.74, 6) is 0.00530. The summed E-state index contributed by atoms with van der Waals surface area (Å²) >= 11 is 1.63. The highest BCUT2D eigenvalue weighted by Gasteiger charge is 2.19. The lowest BCUT2D eigenvalue weighted by atomic mass is 9.94. The molecular formula is C21H29N3OS. The lowest BCUT2D eigenvalue weighted by molar-refractivity contribution is -0.115. The molecule has 140 valence electrons. The van der Waals surface area contributed by atoms with E-state index in [1.807, 2.05) is 23.6 Å². The van der Waals surface area contributed by atoms with E-state index in [2.05, 4.69) is 35.2 Å². The van der Waals surface area contributed by atoms with Crippen molar-refractivity contribution in [2.24, 2.45) is 0 Å². The number of amides is 1. The predicted octanol–water partition coefficient (Wildman–Crippen LogP) is 4.65. The van der Waals surface area contributed by atoms with E-state index in [0.717, 1.165) is 29.4 Å². The summed E-state index contributed by atoms with van der Waals surface area (Å²) in [6.07, 6.45) is 7.87. The van der Waals surface area contributed by atoms with Crippen LogP contribution in [0.3, 0.4) is 0 Å². The van der Waals surface area contributed by atoms with Crippen LogP contribution in [0.2, 0.25) is 0 Å². The van der Waals surface area contributed by atoms with E-state index in [0.29, 0.717) is 12.5 Å². The molecule has 0 bridgehead atoms. The SMILES string of the molecule is CCc1nc(CC(=O)Nc2ccccc2CN(C)C2CCCCC2)cs1. The molecular weight excluding hydrogens is 342 g/mol. The normalized spacial score (nSPS) is 15.3. The van der Waals surface area contributed by atoms with E-state index >= 15 is 0 Å². The van der Waals surface area contributed by atoms with Gasteiger partial charge in [0.15, 0.2) is 0 Å². The number of para-hydroxylation sites is 1. The Bertz CT molecular complexity index is 722. The van der Waals surface area contributed by atoms with Gasteiger partial charge in [0.25, 0.3) is 0 Å². The van der Waals surface area contributed by atoms with Gasteiger partial charge in [-0.05, 0) is 37.9 Å². The zero-order valence-electron chi connectivity index (χ0n) is 15.8. The Morgan fingerprint density at radius 2 is 2.04 bits per heavy atom. The van der Waals surface area contributed by atoms with Crippen LogP contribution in [0.4, 0.5) is 5.69 Å². The Labute approximate surface area is 160 Å². The predicted molar refractivity (Wildman–Crippen MR) is 109 cm³/mol. The van der Waals surface area contributed by atoms with E-state index in [1.54, 1.807) is 11.3 Å². The molecule has 1 N–H and O–H groups in total. The van der Waals surface area contributed by atoms with Gasteiger partial charge < -0.3 is 5.32 Å². The van der Waals surface area contributed by atoms with Crippen molar-refractivity contribution in [3.8, 4) is 0 Å². The molecule has 0 atom stereocenters. The smallest absolute Gasteiger partial charge is 0.230 e. The summed E-state index contributed by atoms with van der Waals surface area (Å²) in [6, 6.07) is 8.81. The number of aromatic nitrogens is 1. The molecule has 1 fully saturated rings. The Kier molecular flexibility index (Phi) is 6.80. The number of hydrogen-bond acceptors (Lipinski definition) is 4. The van der Waals surface area contributed by atoms with Gasteiger partial charge in [-0.2, -0.15) is 0 Å². The number of anilines is 1. The lowest BCUT2D eigenvalue weighted by Crippen LogP contribution is -2.33. The molecule has 1 aliphatic carbocycles. The van der Waals surface area contributed by atoms with Crippen molar-refractivity contribution in [2.75, 3.05) is 12.4 Å². The number of rotatable bonds is 7. The fraction of sp³-hybridized carbons (Fsp3) is 0.524. The highest BCUT2D eigenvalue weighted by Crippen LogP contribution is 2.25. The van der Waals surface area contributed by atoms with Gasteiger partial charge in [-0.15, -0.1) is 11.3 Å². The molecule has 1 amide bonds. The fourth-order valence-corrected chi connectivity index (χ4v) is 4.40. The third kappa shape index (κ3) is 5.15. The molecule has 0 spiro atoms. The van der Waals surface area contributed by atoms with Gasteiger partial charge in [0.05, 0.1) is 17.1 Å². The number of carbonyl (C=O) groups excluding carboxylic acids is 1. The molecule has 2 aromatic rings. The summed E-state index contributed by atoms with van der Waals surface area (Å²) < 4.78 is 0. The minimum absolute atomic E-state index is 0.00530. The molecule has 0 aliphatic heterocycles. The van der Waals surface area contributed by atoms with Crippen molar-refractivity contribution < 1.29 is 4.79 Å². The summed E-state index contributed by atoms with van der Waals surface area (Å²) in [5.41, 5.74) is 2.97. The van der Waals surface area contributed by atoms with Crippen molar-refractivity contribution in [1.29, 1.82) is 0 Å². The van der Waals surface area contributed by atoms with E-state index in [9.17, 15) is 4.79 Å². The van der Waals surface area contributed by atoms with Crippen molar-refractivity contribution in [2.45, 2.75) is 64.5 Å². The largest absolute Gasteiger partial charge is 0.325 e. The Morgan fingerprint density at radius 3 is 2.77 bits per heavy atom. The van der Waals surface area contributed by atoms with Crippen molar-refractivity contribution in [1.82, 2.24) is 9.88 Å². The van der Waals surface area contributed by atoms with Crippen LogP contribution in [-0.2, 0) is 24.2 Å². The van der Waals surface area contributed by atoms with Gasteiger partial charge in [-0.1, -0.05) is 44.4 Å². The van der Waals surface area contributed by atoms with Crippen LogP contribution >= 0.6 is 11.3 Å². The topological polar surface area (TPSA) is 45.2 Å². The highest BCUT2D eigenvalue weighted by atomic mass is 32.1. The number of benzene rings is 1. The fourth-order valence-electron chi connectivity index (χ4n) is 3.65. The van der Waals surface area contributed by atoms with Crippen LogP contribution in [0, 0.1) is 0 Å². The van der Waals surface area contributed by atoms with Crippen LogP contribution in [0.15, 0.2) is 29.6 Å². The number of nitrogens with zero attached hydrogens (tertiary/aromatic N) is 2. The average molecular weight is 372 g/mol. The lowest BCUT2D eigenvalue weighted by Gasteiger charge is -2.31. The zero-order chi connectivity index (χ0) is 18.4. The van der Waals surface area contributed by atoms with Gasteiger partial charge in [0.2, 0.25) is 5.91 Å². The van der Waals surface area contributed by atoms with Crippen LogP contribution in [0.5, 0.6) is 0 Å². The van der Waals surface area contributed by atoms with Crippen LogP contribution in [0.1, 0.15) is 55.3 Å². The second kappa shape index (κ2) is 9.28. The maximum Gasteiger partial charge on any atom is 0.230 e. The molecule has 4 nitrogen and oxygen atoms in total. The third-order valence-corrected chi connectivity index (χ3v) is 6.19. The van der Waals surface area contributed by atoms with E-state index in [1.165, 1.54) is 37.7 Å². The van der Waals surface area contributed by atoms with Gasteiger partial charge in [-0.3, -0.25) is 9.69 Å². The maximum atomic E-state index is 12.5. The van der Waals surface area contributed by atoms with Crippen molar-refractivity contribution >= 4 is 22.9 Å². The molecule has 3 rings (SSSR count). The number of hydrogen-bond donors (Lipinski definition) is 1. The van der Waals surface area contributed by atoms with Crippen molar-refractivity contribution in [3.63, 3.8) is 0 Å². The first kappa shape index (κ1) is 19.1. The number of thiazole rings is 1. The molecule has 0 saturated heterocycles. The third-order valence-electron chi connectivity index (χ3n) is 5.15. The first-order chi connectivity index (χ1) is 12.7. The first-order valence-electron chi connectivity index (χ1n) is 9.67. The monoisotopic (exact) mass is 371 g/mol. The maximum absolute atomic E-state index is 12.5. The molecule has 0 unspecified atom stereocenters. The second-order valence-corrected chi connectivity index (χ2v) is 8.12. The van der Waals surface area contributed by atoms with Gasteiger partial charge >= 0.3 is 0 Å². The molecule has 1 aliphatic rings. The van der Waals surface area contributed by atoms with E-state index in [-0.39, 0.29) is 5.91 Å². The molecule has 0 radical (unpaired) electrons. The van der Waals surface area contributed by atoms with Crippen LogP contribution < -0.4 is 5.32 Å². The standard InChI is InChI=1S/C21H29N3OS/c1-3-21-22-17(15-26-21)13-20(25)23-19-12-8-7-9-16(19)14-24(2)18-10-5-4-6-11-18/h7-9,12,15,18H,3-6,10-11,13-14H2,1-2H3,(H,23,25). The Balaban J connectivity index is 1.61. The summed E-state index contributed by atoms with van der Waals surface area (Å²) in [5, 5.41) is 6.17. The molecule has 1 heterocycles. The summed E-state index contributed by atoms with van der Waals surface area (Å²) in [7, 11) is 2.20. The molecule has 26 heavy (non-hydrogen) atoms. The van der Waals surface area contributed by atoms with Crippen LogP contribution in [-0.4, -0.2) is 28.9 Å². The molecule has 5 heteroatoms.